The van der Waals surface area contributed by atoms with Gasteiger partial charge in [-0.1, -0.05) is 0 Å². The maximum atomic E-state index is 10.6. The first kappa shape index (κ1) is 12.3. The Bertz CT molecular complexity index is 561. The molecule has 0 radical (unpaired) electrons. The van der Waals surface area contributed by atoms with Gasteiger partial charge in [-0.15, -0.1) is 0 Å². The molecule has 18 heavy (non-hydrogen) atoms. The Hall–Kier alpha value is -2.17. The van der Waals surface area contributed by atoms with Gasteiger partial charge in [0.2, 0.25) is 0 Å². The first-order valence-corrected chi connectivity index (χ1v) is 5.74. The van der Waals surface area contributed by atoms with E-state index in [1.165, 1.54) is 0 Å². The summed E-state index contributed by atoms with van der Waals surface area (Å²) in [4.78, 5) is 14.7. The zero-order valence-corrected chi connectivity index (χ0v) is 10.4. The lowest BCUT2D eigenvalue weighted by Crippen LogP contribution is -2.03. The van der Waals surface area contributed by atoms with Gasteiger partial charge in [-0.3, -0.25) is 14.5 Å². The molecule has 5 nitrogen and oxygen atoms in total. The summed E-state index contributed by atoms with van der Waals surface area (Å²) < 4.78 is 1.75. The van der Waals surface area contributed by atoms with E-state index in [9.17, 15) is 4.79 Å². The fourth-order valence-electron chi connectivity index (χ4n) is 2.02. The predicted octanol–water partition coefficient (Wildman–Crippen LogP) is 1.81. The first-order valence-electron chi connectivity index (χ1n) is 5.74. The Balaban J connectivity index is 2.35. The van der Waals surface area contributed by atoms with Gasteiger partial charge in [0, 0.05) is 37.1 Å². The molecule has 0 spiro atoms. The SMILES string of the molecule is Cc1c(-c2cccnc2)nn(C)c1CCC(=O)O. The fraction of sp³-hybridized carbons (Fsp3) is 0.308. The number of aromatic nitrogens is 3. The minimum Gasteiger partial charge on any atom is -0.481 e. The lowest BCUT2D eigenvalue weighted by Gasteiger charge is -2.01. The molecule has 94 valence electrons. The van der Waals surface area contributed by atoms with Crippen LogP contribution in [-0.2, 0) is 18.3 Å². The van der Waals surface area contributed by atoms with Gasteiger partial charge in [-0.05, 0) is 24.6 Å². The van der Waals surface area contributed by atoms with Crippen LogP contribution in [0.25, 0.3) is 11.3 Å². The molecular weight excluding hydrogens is 230 g/mol. The van der Waals surface area contributed by atoms with Crippen molar-refractivity contribution in [1.29, 1.82) is 0 Å². The topological polar surface area (TPSA) is 68.0 Å². The van der Waals surface area contributed by atoms with Crippen molar-refractivity contribution in [2.75, 3.05) is 0 Å². The Labute approximate surface area is 105 Å². The molecule has 0 saturated carbocycles. The molecule has 5 heteroatoms. The number of aryl methyl sites for hydroxylation is 1. The minimum atomic E-state index is -0.793. The van der Waals surface area contributed by atoms with Crippen molar-refractivity contribution >= 4 is 5.97 Å². The van der Waals surface area contributed by atoms with Gasteiger partial charge in [0.1, 0.15) is 0 Å². The fourth-order valence-corrected chi connectivity index (χ4v) is 2.02. The molecule has 0 saturated heterocycles. The Morgan fingerprint density at radius 1 is 1.50 bits per heavy atom. The molecule has 0 aliphatic rings. The van der Waals surface area contributed by atoms with Gasteiger partial charge in [-0.2, -0.15) is 5.10 Å². The smallest absolute Gasteiger partial charge is 0.303 e. The molecule has 0 aliphatic heterocycles. The van der Waals surface area contributed by atoms with Gasteiger partial charge in [-0.25, -0.2) is 0 Å². The van der Waals surface area contributed by atoms with E-state index >= 15 is 0 Å². The number of hydrogen-bond donors (Lipinski definition) is 1. The van der Waals surface area contributed by atoms with Crippen LogP contribution in [0.2, 0.25) is 0 Å². The summed E-state index contributed by atoms with van der Waals surface area (Å²) in [6, 6.07) is 3.81. The minimum absolute atomic E-state index is 0.118. The highest BCUT2D eigenvalue weighted by Gasteiger charge is 2.14. The lowest BCUT2D eigenvalue weighted by molar-refractivity contribution is -0.136. The van der Waals surface area contributed by atoms with Crippen LogP contribution in [0.15, 0.2) is 24.5 Å². The van der Waals surface area contributed by atoms with Crippen molar-refractivity contribution < 1.29 is 9.90 Å². The van der Waals surface area contributed by atoms with Crippen LogP contribution in [0, 0.1) is 6.92 Å². The van der Waals surface area contributed by atoms with E-state index in [4.69, 9.17) is 5.11 Å². The highest BCUT2D eigenvalue weighted by Crippen LogP contribution is 2.24. The summed E-state index contributed by atoms with van der Waals surface area (Å²) in [5.74, 6) is -0.793. The average molecular weight is 245 g/mol. The predicted molar refractivity (Wildman–Crippen MR) is 67.1 cm³/mol. The number of carboxylic acids is 1. The number of carboxylic acid groups (broad SMARTS) is 1. The summed E-state index contributed by atoms with van der Waals surface area (Å²) in [6.07, 6.45) is 4.08. The molecule has 0 atom stereocenters. The average Bonchev–Trinajstić information content (AvgIpc) is 2.63. The van der Waals surface area contributed by atoms with E-state index < -0.39 is 5.97 Å². The second-order valence-electron chi connectivity index (χ2n) is 4.18. The normalized spacial score (nSPS) is 10.6. The summed E-state index contributed by atoms with van der Waals surface area (Å²) in [6.45, 7) is 1.96. The van der Waals surface area contributed by atoms with Crippen LogP contribution in [0.1, 0.15) is 17.7 Å². The van der Waals surface area contributed by atoms with Gasteiger partial charge < -0.3 is 5.11 Å². The monoisotopic (exact) mass is 245 g/mol. The molecule has 2 aromatic rings. The molecule has 0 aliphatic carbocycles. The van der Waals surface area contributed by atoms with Gasteiger partial charge in [0.25, 0.3) is 0 Å². The summed E-state index contributed by atoms with van der Waals surface area (Å²) in [7, 11) is 1.84. The van der Waals surface area contributed by atoms with Crippen molar-refractivity contribution in [2.24, 2.45) is 7.05 Å². The molecule has 0 fully saturated rings. The third-order valence-electron chi connectivity index (χ3n) is 2.94. The maximum absolute atomic E-state index is 10.6. The van der Waals surface area contributed by atoms with Crippen LogP contribution >= 0.6 is 0 Å². The maximum Gasteiger partial charge on any atom is 0.303 e. The van der Waals surface area contributed by atoms with Crippen LogP contribution in [0.5, 0.6) is 0 Å². The van der Waals surface area contributed by atoms with Crippen molar-refractivity contribution in [3.05, 3.63) is 35.8 Å². The Morgan fingerprint density at radius 3 is 2.89 bits per heavy atom. The number of carbonyl (C=O) groups is 1. The molecule has 1 N–H and O–H groups in total. The van der Waals surface area contributed by atoms with E-state index in [1.54, 1.807) is 17.1 Å². The molecule has 2 rings (SSSR count). The van der Waals surface area contributed by atoms with Crippen molar-refractivity contribution in [3.63, 3.8) is 0 Å². The van der Waals surface area contributed by atoms with Crippen molar-refractivity contribution in [2.45, 2.75) is 19.8 Å². The summed E-state index contributed by atoms with van der Waals surface area (Å²) in [5, 5.41) is 13.2. The van der Waals surface area contributed by atoms with Crippen LogP contribution in [0.4, 0.5) is 0 Å². The standard InChI is InChI=1S/C13H15N3O2/c1-9-11(5-6-12(17)18)16(2)15-13(9)10-4-3-7-14-8-10/h3-4,7-8H,5-6H2,1-2H3,(H,17,18). The number of hydrogen-bond acceptors (Lipinski definition) is 3. The van der Waals surface area contributed by atoms with E-state index in [1.807, 2.05) is 26.1 Å². The van der Waals surface area contributed by atoms with E-state index in [0.29, 0.717) is 6.42 Å². The molecular formula is C13H15N3O2. The second kappa shape index (κ2) is 5.00. The van der Waals surface area contributed by atoms with Crippen molar-refractivity contribution in [1.82, 2.24) is 14.8 Å². The van der Waals surface area contributed by atoms with E-state index in [0.717, 1.165) is 22.5 Å². The largest absolute Gasteiger partial charge is 0.481 e. The first-order chi connectivity index (χ1) is 8.59. The van der Waals surface area contributed by atoms with Gasteiger partial charge >= 0.3 is 5.97 Å². The van der Waals surface area contributed by atoms with Gasteiger partial charge in [0.15, 0.2) is 0 Å². The summed E-state index contributed by atoms with van der Waals surface area (Å²) in [5.41, 5.74) is 3.79. The zero-order valence-electron chi connectivity index (χ0n) is 10.4. The van der Waals surface area contributed by atoms with Crippen LogP contribution in [0.3, 0.4) is 0 Å². The van der Waals surface area contributed by atoms with Gasteiger partial charge in [0.05, 0.1) is 12.1 Å². The number of aliphatic carboxylic acids is 1. The van der Waals surface area contributed by atoms with Crippen molar-refractivity contribution in [3.8, 4) is 11.3 Å². The molecule has 0 unspecified atom stereocenters. The number of nitrogens with zero attached hydrogens (tertiary/aromatic N) is 3. The molecule has 0 aromatic carbocycles. The highest BCUT2D eigenvalue weighted by molar-refractivity contribution is 5.68. The molecule has 0 amide bonds. The van der Waals surface area contributed by atoms with E-state index in [-0.39, 0.29) is 6.42 Å². The Kier molecular flexibility index (Phi) is 3.41. The highest BCUT2D eigenvalue weighted by atomic mass is 16.4. The second-order valence-corrected chi connectivity index (χ2v) is 4.18. The Morgan fingerprint density at radius 2 is 2.28 bits per heavy atom. The third kappa shape index (κ3) is 2.40. The van der Waals surface area contributed by atoms with Crippen LogP contribution in [-0.4, -0.2) is 25.8 Å². The third-order valence-corrected chi connectivity index (χ3v) is 2.94. The molecule has 0 bridgehead atoms. The number of rotatable bonds is 4. The quantitative estimate of drug-likeness (QED) is 0.892. The summed E-state index contributed by atoms with van der Waals surface area (Å²) >= 11 is 0. The van der Waals surface area contributed by atoms with E-state index in [2.05, 4.69) is 10.1 Å². The molecule has 2 aromatic heterocycles. The molecule has 2 heterocycles. The zero-order chi connectivity index (χ0) is 13.1. The number of pyridine rings is 1. The van der Waals surface area contributed by atoms with Crippen LogP contribution < -0.4 is 0 Å². The lowest BCUT2D eigenvalue weighted by atomic mass is 10.1.